The van der Waals surface area contributed by atoms with Gasteiger partial charge in [-0.25, -0.2) is 14.4 Å². The number of carbonyl (C=O) groups is 1. The fraction of sp³-hybridized carbons (Fsp3) is 0.333. The molecule has 0 saturated heterocycles. The number of nitrogens with zero attached hydrogens (tertiary/aromatic N) is 3. The number of halogens is 1. The topological polar surface area (TPSA) is 92.4 Å². The number of nitrogens with one attached hydrogen (secondary N) is 2. The molecule has 1 aliphatic heterocycles. The van der Waals surface area contributed by atoms with Crippen molar-refractivity contribution in [1.82, 2.24) is 14.9 Å². The summed E-state index contributed by atoms with van der Waals surface area (Å²) in [6.07, 6.45) is 2.29. The minimum atomic E-state index is -0.623. The first kappa shape index (κ1) is 17.8. The lowest BCUT2D eigenvalue weighted by atomic mass is 10.1. The highest BCUT2D eigenvalue weighted by molar-refractivity contribution is 6.04. The number of rotatable bonds is 3. The second kappa shape index (κ2) is 7.07. The van der Waals surface area contributed by atoms with Crippen molar-refractivity contribution in [3.05, 3.63) is 35.4 Å². The second-order valence-electron chi connectivity index (χ2n) is 6.32. The van der Waals surface area contributed by atoms with Crippen LogP contribution < -0.4 is 10.1 Å². The Hall–Kier alpha value is -3.03. The highest BCUT2D eigenvalue weighted by atomic mass is 19.1. The molecule has 1 aromatic heterocycles. The molecule has 136 valence electrons. The number of hydrogen-bond acceptors (Lipinski definition) is 4. The number of ether oxygens (including phenoxy) is 1. The van der Waals surface area contributed by atoms with Crippen LogP contribution in [0.1, 0.15) is 36.8 Å². The number of benzene rings is 1. The molecule has 0 amide bonds. The molecule has 0 radical (unpaired) electrons. The maximum absolute atomic E-state index is 13.9. The molecule has 7 nitrogen and oxygen atoms in total. The van der Waals surface area contributed by atoms with Crippen LogP contribution in [0.3, 0.4) is 0 Å². The molecule has 26 heavy (non-hydrogen) atoms. The average molecular weight is 357 g/mol. The van der Waals surface area contributed by atoms with Crippen LogP contribution >= 0.6 is 0 Å². The van der Waals surface area contributed by atoms with E-state index >= 15 is 0 Å². The zero-order chi connectivity index (χ0) is 18.8. The van der Waals surface area contributed by atoms with E-state index in [1.807, 2.05) is 24.6 Å². The maximum Gasteiger partial charge on any atom is 0.155 e. The Labute approximate surface area is 150 Å². The molecule has 3 rings (SSSR count). The molecule has 0 spiro atoms. The fourth-order valence-corrected chi connectivity index (χ4v) is 2.73. The Bertz CT molecular complexity index is 901. The van der Waals surface area contributed by atoms with E-state index in [0.29, 0.717) is 48.1 Å². The predicted octanol–water partition coefficient (Wildman–Crippen LogP) is 2.64. The van der Waals surface area contributed by atoms with Gasteiger partial charge in [0.1, 0.15) is 35.5 Å². The third-order valence-corrected chi connectivity index (χ3v) is 3.78. The number of aromatic nitrogens is 2. The van der Waals surface area contributed by atoms with Crippen LogP contribution in [0.25, 0.3) is 11.4 Å². The highest BCUT2D eigenvalue weighted by Gasteiger charge is 2.22. The molecule has 0 aliphatic carbocycles. The molecule has 0 saturated carbocycles. The van der Waals surface area contributed by atoms with Gasteiger partial charge in [0.25, 0.3) is 0 Å². The van der Waals surface area contributed by atoms with Gasteiger partial charge in [-0.2, -0.15) is 0 Å². The van der Waals surface area contributed by atoms with Crippen molar-refractivity contribution in [2.24, 2.45) is 4.99 Å². The molecule has 2 aromatic rings. The largest absolute Gasteiger partial charge is 0.491 e. The maximum atomic E-state index is 13.9. The summed E-state index contributed by atoms with van der Waals surface area (Å²) < 4.78 is 21.4. The first-order chi connectivity index (χ1) is 12.4. The number of hydrogen-bond donors (Lipinski definition) is 2. The van der Waals surface area contributed by atoms with Crippen molar-refractivity contribution in [2.45, 2.75) is 33.4 Å². The molecule has 0 fully saturated rings. The lowest BCUT2D eigenvalue weighted by Gasteiger charge is -2.11. The van der Waals surface area contributed by atoms with Crippen LogP contribution in [-0.4, -0.2) is 40.2 Å². The van der Waals surface area contributed by atoms with E-state index in [-0.39, 0.29) is 17.4 Å². The first-order valence-electron chi connectivity index (χ1n) is 8.29. The summed E-state index contributed by atoms with van der Waals surface area (Å²) >= 11 is 0. The number of aliphatic imine (C=N–C) groups is 1. The summed E-state index contributed by atoms with van der Waals surface area (Å²) in [7, 11) is 0. The third-order valence-electron chi connectivity index (χ3n) is 3.78. The minimum Gasteiger partial charge on any atom is -0.491 e. The van der Waals surface area contributed by atoms with E-state index in [1.165, 1.54) is 12.1 Å². The SMILES string of the molecule is CC(=N)/N=C(\NC(C)C)c1cn2c(n1)-c1cc(C=O)c(F)cc1OCC2. The van der Waals surface area contributed by atoms with Crippen LogP contribution in [0, 0.1) is 11.2 Å². The van der Waals surface area contributed by atoms with Crippen molar-refractivity contribution in [3.8, 4) is 17.1 Å². The molecule has 0 atom stereocenters. The Kier molecular flexibility index (Phi) is 4.83. The van der Waals surface area contributed by atoms with Crippen LogP contribution in [0.4, 0.5) is 4.39 Å². The molecular formula is C18H20FN5O2. The monoisotopic (exact) mass is 357 g/mol. The molecule has 0 unspecified atom stereocenters. The zero-order valence-electron chi connectivity index (χ0n) is 14.8. The molecule has 1 aromatic carbocycles. The van der Waals surface area contributed by atoms with E-state index in [2.05, 4.69) is 15.3 Å². The summed E-state index contributed by atoms with van der Waals surface area (Å²) in [4.78, 5) is 19.9. The van der Waals surface area contributed by atoms with Gasteiger partial charge in [-0.3, -0.25) is 10.2 Å². The van der Waals surface area contributed by atoms with Gasteiger partial charge in [-0.1, -0.05) is 0 Å². The van der Waals surface area contributed by atoms with Crippen molar-refractivity contribution in [1.29, 1.82) is 5.41 Å². The average Bonchev–Trinajstić information content (AvgIpc) is 2.91. The quantitative estimate of drug-likeness (QED) is 0.502. The summed E-state index contributed by atoms with van der Waals surface area (Å²) in [6, 6.07) is 2.77. The lowest BCUT2D eigenvalue weighted by Crippen LogP contribution is -2.32. The normalized spacial score (nSPS) is 13.5. The van der Waals surface area contributed by atoms with E-state index in [1.54, 1.807) is 6.92 Å². The van der Waals surface area contributed by atoms with E-state index < -0.39 is 5.82 Å². The zero-order valence-corrected chi connectivity index (χ0v) is 14.8. The van der Waals surface area contributed by atoms with Crippen molar-refractivity contribution in [2.75, 3.05) is 6.61 Å². The van der Waals surface area contributed by atoms with Gasteiger partial charge in [-0.05, 0) is 26.8 Å². The molecule has 0 bridgehead atoms. The summed E-state index contributed by atoms with van der Waals surface area (Å²) in [5.74, 6) is 0.944. The Balaban J connectivity index is 2.13. The van der Waals surface area contributed by atoms with Gasteiger partial charge in [-0.15, -0.1) is 0 Å². The number of imidazole rings is 1. The van der Waals surface area contributed by atoms with Crippen LogP contribution in [0.2, 0.25) is 0 Å². The van der Waals surface area contributed by atoms with Gasteiger partial charge in [0.15, 0.2) is 12.1 Å². The number of aldehydes is 1. The Morgan fingerprint density at radius 3 is 2.92 bits per heavy atom. The summed E-state index contributed by atoms with van der Waals surface area (Å²) in [5, 5.41) is 10.8. The summed E-state index contributed by atoms with van der Waals surface area (Å²) in [6.45, 7) is 6.40. The number of fused-ring (bicyclic) bond motifs is 3. The third kappa shape index (κ3) is 3.49. The Morgan fingerprint density at radius 1 is 1.50 bits per heavy atom. The van der Waals surface area contributed by atoms with Gasteiger partial charge in [0.2, 0.25) is 0 Å². The molecule has 2 heterocycles. The van der Waals surface area contributed by atoms with E-state index in [4.69, 9.17) is 10.1 Å². The fourth-order valence-electron chi connectivity index (χ4n) is 2.73. The van der Waals surface area contributed by atoms with Gasteiger partial charge in [0, 0.05) is 18.3 Å². The molecule has 8 heteroatoms. The van der Waals surface area contributed by atoms with Crippen molar-refractivity contribution < 1.29 is 13.9 Å². The van der Waals surface area contributed by atoms with Gasteiger partial charge in [0.05, 0.1) is 17.7 Å². The standard InChI is InChI=1S/C18H20FN5O2/c1-10(2)21-17(22-11(3)20)15-8-24-4-5-26-16-7-14(19)12(9-25)6-13(16)18(24)23-15/h6-10H,4-5H2,1-3H3,(H2,20,21,22). The van der Waals surface area contributed by atoms with Crippen LogP contribution in [0.5, 0.6) is 5.75 Å². The van der Waals surface area contributed by atoms with Gasteiger partial charge >= 0.3 is 0 Å². The first-order valence-corrected chi connectivity index (χ1v) is 8.29. The number of amidine groups is 2. The second-order valence-corrected chi connectivity index (χ2v) is 6.32. The van der Waals surface area contributed by atoms with Crippen LogP contribution in [0.15, 0.2) is 23.3 Å². The Morgan fingerprint density at radius 2 is 2.27 bits per heavy atom. The molecular weight excluding hydrogens is 337 g/mol. The smallest absolute Gasteiger partial charge is 0.155 e. The highest BCUT2D eigenvalue weighted by Crippen LogP contribution is 2.33. The lowest BCUT2D eigenvalue weighted by molar-refractivity contribution is 0.112. The van der Waals surface area contributed by atoms with Crippen LogP contribution in [-0.2, 0) is 6.54 Å². The predicted molar refractivity (Wildman–Crippen MR) is 96.7 cm³/mol. The van der Waals surface area contributed by atoms with Crippen molar-refractivity contribution in [3.63, 3.8) is 0 Å². The van der Waals surface area contributed by atoms with E-state index in [9.17, 15) is 9.18 Å². The molecule has 2 N–H and O–H groups in total. The number of carbonyl (C=O) groups excluding carboxylic acids is 1. The van der Waals surface area contributed by atoms with Crippen molar-refractivity contribution >= 4 is 18.0 Å². The van der Waals surface area contributed by atoms with Gasteiger partial charge < -0.3 is 14.6 Å². The summed E-state index contributed by atoms with van der Waals surface area (Å²) in [5.41, 5.74) is 1.08. The minimum absolute atomic E-state index is 0.0464. The van der Waals surface area contributed by atoms with E-state index in [0.717, 1.165) is 0 Å². The molecule has 1 aliphatic rings.